The Morgan fingerprint density at radius 3 is 1.86 bits per heavy atom. The topological polar surface area (TPSA) is 81.1 Å². The number of nitrogens with one attached hydrogen (secondary N) is 1. The zero-order valence-electron chi connectivity index (χ0n) is 3.72. The highest BCUT2D eigenvalue weighted by atomic mass is 16.1. The Morgan fingerprint density at radius 1 is 1.43 bits per heavy atom. The van der Waals surface area contributed by atoms with Crippen molar-refractivity contribution < 1.29 is 4.79 Å². The van der Waals surface area contributed by atoms with E-state index in [0.29, 0.717) is 0 Å². The fourth-order valence-corrected chi connectivity index (χ4v) is 0.455. The van der Waals surface area contributed by atoms with Crippen LogP contribution in [0, 0.1) is 0 Å². The first kappa shape index (κ1) is 4.70. The maximum Gasteiger partial charge on any atom is 0.195 e. The summed E-state index contributed by atoms with van der Waals surface area (Å²) in [5.74, 6) is -0.111. The number of carbonyl (C=O) groups excluding carboxylic acids is 1. The molecule has 1 fully saturated rings. The van der Waals surface area contributed by atoms with E-state index in [4.69, 9.17) is 11.5 Å². The van der Waals surface area contributed by atoms with Crippen molar-refractivity contribution in [3.63, 3.8) is 0 Å². The lowest BCUT2D eigenvalue weighted by Gasteiger charge is -2.28. The van der Waals surface area contributed by atoms with Gasteiger partial charge in [-0.15, -0.1) is 0 Å². The molecular weight excluding hydrogens is 94.1 g/mol. The van der Waals surface area contributed by atoms with E-state index in [0.717, 1.165) is 0 Å². The molecule has 0 radical (unpaired) electrons. The fraction of sp³-hybridized carbons (Fsp3) is 0.667. The van der Waals surface area contributed by atoms with Crippen LogP contribution in [-0.4, -0.2) is 18.1 Å². The van der Waals surface area contributed by atoms with Crippen LogP contribution in [0.2, 0.25) is 0 Å². The van der Waals surface area contributed by atoms with Gasteiger partial charge in [0.25, 0.3) is 0 Å². The Labute approximate surface area is 40.9 Å². The predicted octanol–water partition coefficient (Wildman–Crippen LogP) is -2.27. The Balaban J connectivity index is 2.44. The van der Waals surface area contributed by atoms with Gasteiger partial charge in [-0.2, -0.15) is 0 Å². The summed E-state index contributed by atoms with van der Waals surface area (Å²) < 4.78 is 0. The molecule has 0 aromatic rings. The number of Topliss-reactive ketones (excluding diaryl/α,β-unsaturated/α-hetero) is 1. The number of carbonyl (C=O) groups is 1. The van der Waals surface area contributed by atoms with E-state index >= 15 is 0 Å². The smallest absolute Gasteiger partial charge is 0.195 e. The van der Waals surface area contributed by atoms with Crippen molar-refractivity contribution >= 4 is 5.78 Å². The van der Waals surface area contributed by atoms with Gasteiger partial charge in [0, 0.05) is 0 Å². The van der Waals surface area contributed by atoms with E-state index in [-0.39, 0.29) is 5.78 Å². The van der Waals surface area contributed by atoms with E-state index in [2.05, 4.69) is 5.32 Å². The first-order valence-corrected chi connectivity index (χ1v) is 2.03. The maximum absolute atomic E-state index is 10.2. The summed E-state index contributed by atoms with van der Waals surface area (Å²) in [5.41, 5.74) is 10.1. The third-order valence-electron chi connectivity index (χ3n) is 0.972. The van der Waals surface area contributed by atoms with Crippen LogP contribution in [0.3, 0.4) is 0 Å². The van der Waals surface area contributed by atoms with E-state index in [1.54, 1.807) is 0 Å². The standard InChI is InChI=1S/C3H7N3O/c4-2-1(7)3(5)6-2/h2-3,6H,4-5H2. The highest BCUT2D eigenvalue weighted by Gasteiger charge is 2.32. The number of rotatable bonds is 0. The first-order chi connectivity index (χ1) is 3.22. The molecule has 2 unspecified atom stereocenters. The van der Waals surface area contributed by atoms with Crippen LogP contribution < -0.4 is 16.8 Å². The average Bonchev–Trinajstić information content (AvgIpc) is 1.68. The summed E-state index contributed by atoms with van der Waals surface area (Å²) in [6, 6.07) is 0. The molecule has 4 nitrogen and oxygen atoms in total. The summed E-state index contributed by atoms with van der Waals surface area (Å²) in [6.45, 7) is 0. The maximum atomic E-state index is 10.2. The SMILES string of the molecule is NC1NC(N)C1=O. The molecule has 0 aromatic heterocycles. The van der Waals surface area contributed by atoms with Crippen LogP contribution in [0.4, 0.5) is 0 Å². The van der Waals surface area contributed by atoms with E-state index in [1.807, 2.05) is 0 Å². The van der Waals surface area contributed by atoms with Crippen LogP contribution >= 0.6 is 0 Å². The minimum atomic E-state index is -0.505. The summed E-state index contributed by atoms with van der Waals surface area (Å²) >= 11 is 0. The monoisotopic (exact) mass is 101 g/mol. The number of hydrogen-bond acceptors (Lipinski definition) is 4. The normalized spacial score (nSPS) is 40.6. The second-order valence-electron chi connectivity index (χ2n) is 1.52. The number of hydrogen-bond donors (Lipinski definition) is 3. The molecule has 1 heterocycles. The van der Waals surface area contributed by atoms with Crippen molar-refractivity contribution in [2.75, 3.05) is 0 Å². The Morgan fingerprint density at radius 2 is 1.86 bits per heavy atom. The Kier molecular flexibility index (Phi) is 0.846. The minimum absolute atomic E-state index is 0.111. The van der Waals surface area contributed by atoms with Crippen molar-refractivity contribution in [1.82, 2.24) is 5.32 Å². The van der Waals surface area contributed by atoms with Crippen LogP contribution in [0.15, 0.2) is 0 Å². The number of ketones is 1. The van der Waals surface area contributed by atoms with Gasteiger partial charge in [0.2, 0.25) is 0 Å². The summed E-state index contributed by atoms with van der Waals surface area (Å²) in [7, 11) is 0. The molecule has 1 rings (SSSR count). The molecule has 0 aliphatic carbocycles. The van der Waals surface area contributed by atoms with Crippen LogP contribution in [0.5, 0.6) is 0 Å². The summed E-state index contributed by atoms with van der Waals surface area (Å²) in [6.07, 6.45) is -1.01. The van der Waals surface area contributed by atoms with Gasteiger partial charge in [-0.1, -0.05) is 0 Å². The molecule has 0 aromatic carbocycles. The zero-order valence-corrected chi connectivity index (χ0v) is 3.72. The van der Waals surface area contributed by atoms with Crippen molar-refractivity contribution in [2.24, 2.45) is 11.5 Å². The molecule has 0 amide bonds. The van der Waals surface area contributed by atoms with Gasteiger partial charge < -0.3 is 11.5 Å². The molecule has 40 valence electrons. The van der Waals surface area contributed by atoms with Crippen molar-refractivity contribution in [2.45, 2.75) is 12.3 Å². The molecule has 1 aliphatic heterocycles. The van der Waals surface area contributed by atoms with Gasteiger partial charge >= 0.3 is 0 Å². The quantitative estimate of drug-likeness (QED) is 0.321. The Bertz CT molecular complexity index is 92.4. The van der Waals surface area contributed by atoms with Gasteiger partial charge in [-0.05, 0) is 0 Å². The van der Waals surface area contributed by atoms with Crippen molar-refractivity contribution in [1.29, 1.82) is 0 Å². The van der Waals surface area contributed by atoms with Crippen LogP contribution in [0.25, 0.3) is 0 Å². The lowest BCUT2D eigenvalue weighted by Crippen LogP contribution is -2.70. The lowest BCUT2D eigenvalue weighted by molar-refractivity contribution is -0.129. The second kappa shape index (κ2) is 1.26. The second-order valence-corrected chi connectivity index (χ2v) is 1.52. The first-order valence-electron chi connectivity index (χ1n) is 2.03. The number of nitrogens with two attached hydrogens (primary N) is 2. The molecule has 7 heavy (non-hydrogen) atoms. The molecule has 0 saturated carbocycles. The largest absolute Gasteiger partial charge is 0.309 e. The van der Waals surface area contributed by atoms with Gasteiger partial charge in [0.1, 0.15) is 12.3 Å². The van der Waals surface area contributed by atoms with Gasteiger partial charge in [0.15, 0.2) is 5.78 Å². The van der Waals surface area contributed by atoms with E-state index in [9.17, 15) is 4.79 Å². The highest BCUT2D eigenvalue weighted by Crippen LogP contribution is 1.92. The van der Waals surface area contributed by atoms with E-state index < -0.39 is 12.3 Å². The molecule has 5 N–H and O–H groups in total. The molecule has 1 saturated heterocycles. The highest BCUT2D eigenvalue weighted by molar-refractivity contribution is 5.93. The van der Waals surface area contributed by atoms with Gasteiger partial charge in [0.05, 0.1) is 0 Å². The van der Waals surface area contributed by atoms with Gasteiger partial charge in [-0.3, -0.25) is 10.1 Å². The third-order valence-corrected chi connectivity index (χ3v) is 0.972. The fourth-order valence-electron chi connectivity index (χ4n) is 0.455. The van der Waals surface area contributed by atoms with Crippen molar-refractivity contribution in [3.05, 3.63) is 0 Å². The van der Waals surface area contributed by atoms with Gasteiger partial charge in [-0.25, -0.2) is 0 Å². The summed E-state index contributed by atoms with van der Waals surface area (Å²) in [5, 5.41) is 2.56. The predicted molar refractivity (Wildman–Crippen MR) is 24.1 cm³/mol. The molecule has 1 aliphatic rings. The average molecular weight is 101 g/mol. The van der Waals surface area contributed by atoms with Crippen molar-refractivity contribution in [3.8, 4) is 0 Å². The molecule has 0 bridgehead atoms. The van der Waals surface area contributed by atoms with Crippen LogP contribution in [0.1, 0.15) is 0 Å². The van der Waals surface area contributed by atoms with Crippen LogP contribution in [-0.2, 0) is 4.79 Å². The molecular formula is C3H7N3O. The third kappa shape index (κ3) is 0.524. The zero-order chi connectivity index (χ0) is 5.44. The Hall–Kier alpha value is -0.450. The minimum Gasteiger partial charge on any atom is -0.309 e. The lowest BCUT2D eigenvalue weighted by atomic mass is 10.1. The molecule has 2 atom stereocenters. The molecule has 0 spiro atoms. The van der Waals surface area contributed by atoms with E-state index in [1.165, 1.54) is 0 Å². The molecule has 4 heteroatoms. The summed E-state index contributed by atoms with van der Waals surface area (Å²) in [4.78, 5) is 10.2.